The summed E-state index contributed by atoms with van der Waals surface area (Å²) >= 11 is 0. The molecule has 6 nitrogen and oxygen atoms in total. The number of hydrogen-bond donors (Lipinski definition) is 0. The summed E-state index contributed by atoms with van der Waals surface area (Å²) in [6.45, 7) is 2.80. The van der Waals surface area contributed by atoms with Crippen molar-refractivity contribution in [3.63, 3.8) is 0 Å². The van der Waals surface area contributed by atoms with Crippen LogP contribution in [0.5, 0.6) is 0 Å². The van der Waals surface area contributed by atoms with Crippen molar-refractivity contribution in [3.05, 3.63) is 38.7 Å². The minimum Gasteiger partial charge on any atom is -0.336 e. The Morgan fingerprint density at radius 2 is 2.00 bits per heavy atom. The van der Waals surface area contributed by atoms with Crippen LogP contribution in [0, 0.1) is 0 Å². The highest BCUT2D eigenvalue weighted by atomic mass is 16.2. The van der Waals surface area contributed by atoms with Crippen LogP contribution in [-0.4, -0.2) is 32.5 Å². The van der Waals surface area contributed by atoms with Crippen molar-refractivity contribution in [3.8, 4) is 0 Å². The van der Waals surface area contributed by atoms with Crippen LogP contribution in [-0.2, 0) is 18.9 Å². The Bertz CT molecular complexity index is 684. The standard InChI is InChI=1S/C15H21N3O3/c1-11-6-4-5-9-18(11)13(19)8-7-12-10-16(2)15(21)17(3)14(12)20/h7-8,10-11H,4-6,9H2,1-3H3. The van der Waals surface area contributed by atoms with Gasteiger partial charge in [-0.1, -0.05) is 0 Å². The molecule has 1 fully saturated rings. The van der Waals surface area contributed by atoms with E-state index < -0.39 is 5.56 Å². The zero-order valence-electron chi connectivity index (χ0n) is 12.7. The summed E-state index contributed by atoms with van der Waals surface area (Å²) in [6.07, 6.45) is 7.55. The first-order valence-electron chi connectivity index (χ1n) is 7.17. The maximum Gasteiger partial charge on any atom is 0.330 e. The van der Waals surface area contributed by atoms with Crippen LogP contribution < -0.4 is 11.2 Å². The number of likely N-dealkylation sites (tertiary alicyclic amines) is 1. The maximum atomic E-state index is 12.2. The first-order valence-corrected chi connectivity index (χ1v) is 7.17. The monoisotopic (exact) mass is 291 g/mol. The molecule has 21 heavy (non-hydrogen) atoms. The maximum absolute atomic E-state index is 12.2. The molecular formula is C15H21N3O3. The van der Waals surface area contributed by atoms with Crippen molar-refractivity contribution in [1.82, 2.24) is 14.0 Å². The minimum absolute atomic E-state index is 0.0851. The van der Waals surface area contributed by atoms with Crippen molar-refractivity contribution in [2.24, 2.45) is 14.1 Å². The van der Waals surface area contributed by atoms with E-state index in [4.69, 9.17) is 0 Å². The molecule has 2 rings (SSSR count). The Morgan fingerprint density at radius 3 is 2.67 bits per heavy atom. The minimum atomic E-state index is -0.395. The highest BCUT2D eigenvalue weighted by molar-refractivity contribution is 5.91. The van der Waals surface area contributed by atoms with Crippen LogP contribution in [0.25, 0.3) is 6.08 Å². The molecule has 1 aromatic rings. The van der Waals surface area contributed by atoms with E-state index in [9.17, 15) is 14.4 Å². The van der Waals surface area contributed by atoms with Gasteiger partial charge < -0.3 is 9.47 Å². The molecule has 0 saturated carbocycles. The van der Waals surface area contributed by atoms with Gasteiger partial charge in [0.25, 0.3) is 5.56 Å². The lowest BCUT2D eigenvalue weighted by Crippen LogP contribution is -2.41. The fourth-order valence-corrected chi connectivity index (χ4v) is 2.63. The molecule has 1 amide bonds. The van der Waals surface area contributed by atoms with Crippen molar-refractivity contribution >= 4 is 12.0 Å². The number of nitrogens with zero attached hydrogens (tertiary/aromatic N) is 3. The summed E-state index contributed by atoms with van der Waals surface area (Å²) in [5.41, 5.74) is -0.445. The average molecular weight is 291 g/mol. The molecule has 1 aliphatic rings. The lowest BCUT2D eigenvalue weighted by Gasteiger charge is -2.32. The number of amides is 1. The Kier molecular flexibility index (Phi) is 4.45. The number of rotatable bonds is 2. The third-order valence-corrected chi connectivity index (χ3v) is 3.96. The van der Waals surface area contributed by atoms with Crippen molar-refractivity contribution in [2.45, 2.75) is 32.2 Å². The number of aryl methyl sites for hydroxylation is 1. The fraction of sp³-hybridized carbons (Fsp3) is 0.533. The number of carbonyl (C=O) groups excluding carboxylic acids is 1. The number of hydrogen-bond acceptors (Lipinski definition) is 3. The van der Waals surface area contributed by atoms with Crippen LogP contribution >= 0.6 is 0 Å². The van der Waals surface area contributed by atoms with Crippen LogP contribution in [0.1, 0.15) is 31.7 Å². The predicted molar refractivity (Wildman–Crippen MR) is 81.0 cm³/mol. The highest BCUT2D eigenvalue weighted by Gasteiger charge is 2.21. The molecule has 0 radical (unpaired) electrons. The Morgan fingerprint density at radius 1 is 1.29 bits per heavy atom. The second-order valence-electron chi connectivity index (χ2n) is 5.55. The van der Waals surface area contributed by atoms with E-state index in [1.807, 2.05) is 11.8 Å². The van der Waals surface area contributed by atoms with Gasteiger partial charge in [-0.15, -0.1) is 0 Å². The summed E-state index contributed by atoms with van der Waals surface area (Å²) in [6, 6.07) is 0.235. The van der Waals surface area contributed by atoms with Crippen molar-refractivity contribution in [2.75, 3.05) is 6.54 Å². The summed E-state index contributed by atoms with van der Waals surface area (Å²) in [5.74, 6) is -0.0851. The van der Waals surface area contributed by atoms with Gasteiger partial charge in [0.15, 0.2) is 0 Å². The summed E-state index contributed by atoms with van der Waals surface area (Å²) < 4.78 is 2.36. The quantitative estimate of drug-likeness (QED) is 0.745. The zero-order valence-corrected chi connectivity index (χ0v) is 12.7. The first-order chi connectivity index (χ1) is 9.91. The molecule has 2 heterocycles. The van der Waals surface area contributed by atoms with Gasteiger partial charge in [0, 0.05) is 39.0 Å². The Balaban J connectivity index is 2.24. The lowest BCUT2D eigenvalue weighted by atomic mass is 10.0. The SMILES string of the molecule is CC1CCCCN1C(=O)C=Cc1cn(C)c(=O)n(C)c1=O. The molecule has 114 valence electrons. The van der Waals surface area contributed by atoms with E-state index in [0.29, 0.717) is 5.56 Å². The summed E-state index contributed by atoms with van der Waals surface area (Å²) in [4.78, 5) is 37.6. The molecule has 1 aliphatic heterocycles. The van der Waals surface area contributed by atoms with Gasteiger partial charge in [0.2, 0.25) is 5.91 Å². The topological polar surface area (TPSA) is 64.3 Å². The molecular weight excluding hydrogens is 270 g/mol. The van der Waals surface area contributed by atoms with E-state index in [1.165, 1.54) is 30.0 Å². The molecule has 0 spiro atoms. The third-order valence-electron chi connectivity index (χ3n) is 3.96. The second-order valence-corrected chi connectivity index (χ2v) is 5.55. The van der Waals surface area contributed by atoms with E-state index in [1.54, 1.807) is 7.05 Å². The van der Waals surface area contributed by atoms with E-state index in [0.717, 1.165) is 30.4 Å². The molecule has 1 aromatic heterocycles. The summed E-state index contributed by atoms with van der Waals surface area (Å²) in [5, 5.41) is 0. The third kappa shape index (κ3) is 3.15. The van der Waals surface area contributed by atoms with Gasteiger partial charge in [0.1, 0.15) is 0 Å². The van der Waals surface area contributed by atoms with Crippen molar-refractivity contribution in [1.29, 1.82) is 0 Å². The molecule has 1 unspecified atom stereocenters. The lowest BCUT2D eigenvalue weighted by molar-refractivity contribution is -0.129. The van der Waals surface area contributed by atoms with Gasteiger partial charge in [-0.2, -0.15) is 0 Å². The number of piperidine rings is 1. The molecule has 0 bridgehead atoms. The van der Waals surface area contributed by atoms with Crippen LogP contribution in [0.2, 0.25) is 0 Å². The van der Waals surface area contributed by atoms with E-state index >= 15 is 0 Å². The molecule has 1 atom stereocenters. The molecule has 0 N–H and O–H groups in total. The molecule has 6 heteroatoms. The fourth-order valence-electron chi connectivity index (χ4n) is 2.63. The Labute approximate surface area is 123 Å². The molecule has 0 aliphatic carbocycles. The molecule has 1 saturated heterocycles. The van der Waals surface area contributed by atoms with Gasteiger partial charge in [-0.05, 0) is 32.3 Å². The van der Waals surface area contributed by atoms with Gasteiger partial charge in [-0.25, -0.2) is 4.79 Å². The van der Waals surface area contributed by atoms with E-state index in [2.05, 4.69) is 0 Å². The predicted octanol–water partition coefficient (Wildman–Crippen LogP) is 0.498. The van der Waals surface area contributed by atoms with Gasteiger partial charge >= 0.3 is 5.69 Å². The summed E-state index contributed by atoms with van der Waals surface area (Å²) in [7, 11) is 3.00. The number of carbonyl (C=O) groups is 1. The second kappa shape index (κ2) is 6.11. The highest BCUT2D eigenvalue weighted by Crippen LogP contribution is 2.16. The average Bonchev–Trinajstić information content (AvgIpc) is 2.47. The molecule has 0 aromatic carbocycles. The Hall–Kier alpha value is -2.11. The first kappa shape index (κ1) is 15.3. The largest absolute Gasteiger partial charge is 0.336 e. The van der Waals surface area contributed by atoms with Gasteiger partial charge in [-0.3, -0.25) is 14.2 Å². The zero-order chi connectivity index (χ0) is 15.6. The normalized spacial score (nSPS) is 19.2. The van der Waals surface area contributed by atoms with Gasteiger partial charge in [0.05, 0.1) is 5.56 Å². The number of aromatic nitrogens is 2. The van der Waals surface area contributed by atoms with Crippen LogP contribution in [0.15, 0.2) is 21.9 Å². The van der Waals surface area contributed by atoms with Crippen LogP contribution in [0.3, 0.4) is 0 Å². The smallest absolute Gasteiger partial charge is 0.330 e. The van der Waals surface area contributed by atoms with Crippen molar-refractivity contribution < 1.29 is 4.79 Å². The van der Waals surface area contributed by atoms with E-state index in [-0.39, 0.29) is 17.6 Å². The van der Waals surface area contributed by atoms with Crippen LogP contribution in [0.4, 0.5) is 0 Å².